The first-order valence-corrected chi connectivity index (χ1v) is 8.51. The number of aliphatic hydroxyl groups excluding tert-OH is 1. The number of hydrogen-bond acceptors (Lipinski definition) is 2. The summed E-state index contributed by atoms with van der Waals surface area (Å²) in [5.74, 6) is 1.02. The van der Waals surface area contributed by atoms with Crippen LogP contribution in [-0.2, 0) is 4.79 Å². The largest absolute Gasteiger partial charge is 0.389 e. The molecule has 0 aromatic carbocycles. The zero-order chi connectivity index (χ0) is 16.5. The summed E-state index contributed by atoms with van der Waals surface area (Å²) in [4.78, 5) is 12.7. The Morgan fingerprint density at radius 2 is 1.95 bits per heavy atom. The smallest absolute Gasteiger partial charge is 0.162 e. The lowest BCUT2D eigenvalue weighted by molar-refractivity contribution is -0.123. The normalized spacial score (nSPS) is 33.8. The third kappa shape index (κ3) is 3.43. The van der Waals surface area contributed by atoms with Crippen LogP contribution in [0.2, 0.25) is 0 Å². The van der Waals surface area contributed by atoms with Gasteiger partial charge in [-0.15, -0.1) is 0 Å². The first kappa shape index (κ1) is 17.2. The minimum absolute atomic E-state index is 0.284. The minimum Gasteiger partial charge on any atom is -0.389 e. The van der Waals surface area contributed by atoms with Crippen LogP contribution in [0.15, 0.2) is 34.9 Å². The zero-order valence-corrected chi connectivity index (χ0v) is 14.6. The maximum absolute atomic E-state index is 12.7. The van der Waals surface area contributed by atoms with Crippen LogP contribution in [0.4, 0.5) is 0 Å². The van der Waals surface area contributed by atoms with Crippen LogP contribution in [-0.4, -0.2) is 17.0 Å². The van der Waals surface area contributed by atoms with Crippen molar-refractivity contribution in [2.45, 2.75) is 66.4 Å². The molecule has 2 aliphatic rings. The second-order valence-corrected chi connectivity index (χ2v) is 7.71. The fraction of sp³-hybridized carbons (Fsp3) is 0.650. The van der Waals surface area contributed by atoms with E-state index >= 15 is 0 Å². The predicted molar refractivity (Wildman–Crippen MR) is 91.5 cm³/mol. The van der Waals surface area contributed by atoms with Gasteiger partial charge in [0.1, 0.15) is 0 Å². The van der Waals surface area contributed by atoms with E-state index in [2.05, 4.69) is 40.7 Å². The van der Waals surface area contributed by atoms with Gasteiger partial charge in [-0.1, -0.05) is 49.6 Å². The Bertz CT molecular complexity index is 536. The summed E-state index contributed by atoms with van der Waals surface area (Å²) in [5.41, 5.74) is 3.40. The van der Waals surface area contributed by atoms with Crippen molar-refractivity contribution >= 4 is 5.78 Å². The van der Waals surface area contributed by atoms with Crippen molar-refractivity contribution in [1.82, 2.24) is 0 Å². The summed E-state index contributed by atoms with van der Waals surface area (Å²) in [5, 5.41) is 10.1. The van der Waals surface area contributed by atoms with Crippen LogP contribution in [0.25, 0.3) is 0 Å². The molecule has 2 heteroatoms. The Morgan fingerprint density at radius 1 is 1.27 bits per heavy atom. The van der Waals surface area contributed by atoms with Crippen molar-refractivity contribution in [2.24, 2.45) is 17.3 Å². The van der Waals surface area contributed by atoms with Gasteiger partial charge in [-0.3, -0.25) is 4.79 Å². The summed E-state index contributed by atoms with van der Waals surface area (Å²) in [7, 11) is 0. The number of hydrogen-bond donors (Lipinski definition) is 1. The third-order valence-electron chi connectivity index (χ3n) is 5.41. The molecule has 22 heavy (non-hydrogen) atoms. The average molecular weight is 302 g/mol. The summed E-state index contributed by atoms with van der Waals surface area (Å²) < 4.78 is 0. The Balaban J connectivity index is 2.39. The molecule has 0 spiro atoms. The molecule has 0 unspecified atom stereocenters. The number of rotatable bonds is 1. The van der Waals surface area contributed by atoms with Gasteiger partial charge < -0.3 is 5.11 Å². The SMILES string of the molecule is CC1=C[C@@H](O)CC(C)=CC[C@]2(C)C(=O)C=C(C(C)C)[C@H]2CC1. The lowest BCUT2D eigenvalue weighted by atomic mass is 9.69. The number of allylic oxidation sites excluding steroid dienone is 4. The number of ketones is 1. The third-order valence-corrected chi connectivity index (χ3v) is 5.41. The first-order chi connectivity index (χ1) is 10.2. The van der Waals surface area contributed by atoms with E-state index in [1.165, 1.54) is 16.7 Å². The average Bonchev–Trinajstić information content (AvgIpc) is 2.65. The van der Waals surface area contributed by atoms with E-state index in [0.717, 1.165) is 19.3 Å². The van der Waals surface area contributed by atoms with E-state index in [1.54, 1.807) is 0 Å². The quantitative estimate of drug-likeness (QED) is 0.719. The maximum atomic E-state index is 12.7. The molecule has 0 amide bonds. The molecule has 2 rings (SSSR count). The van der Waals surface area contributed by atoms with Crippen molar-refractivity contribution in [3.8, 4) is 0 Å². The summed E-state index contributed by atoms with van der Waals surface area (Å²) in [6.45, 7) is 10.6. The van der Waals surface area contributed by atoms with Gasteiger partial charge >= 0.3 is 0 Å². The predicted octanol–water partition coefficient (Wildman–Crippen LogP) is 4.60. The van der Waals surface area contributed by atoms with Crippen LogP contribution in [0.5, 0.6) is 0 Å². The molecule has 0 aromatic heterocycles. The Hall–Kier alpha value is -1.15. The molecule has 0 bridgehead atoms. The van der Waals surface area contributed by atoms with Gasteiger partial charge in [-0.05, 0) is 57.4 Å². The molecule has 122 valence electrons. The first-order valence-electron chi connectivity index (χ1n) is 8.51. The van der Waals surface area contributed by atoms with Crippen molar-refractivity contribution in [3.63, 3.8) is 0 Å². The summed E-state index contributed by atoms with van der Waals surface area (Å²) in [6.07, 6.45) is 9.05. The highest BCUT2D eigenvalue weighted by atomic mass is 16.3. The molecule has 0 saturated carbocycles. The fourth-order valence-corrected chi connectivity index (χ4v) is 3.90. The summed E-state index contributed by atoms with van der Waals surface area (Å²) >= 11 is 0. The number of aliphatic hydroxyl groups is 1. The standard InChI is InChI=1S/C20H30O2/c1-13(2)17-12-19(22)20(5)9-8-15(4)11-16(21)10-14(3)6-7-18(17)20/h8,10,12-13,16,18,21H,6-7,9,11H2,1-5H3/t16-,18-,20+/m1/s1. The van der Waals surface area contributed by atoms with Crippen molar-refractivity contribution in [2.75, 3.05) is 0 Å². The summed E-state index contributed by atoms with van der Waals surface area (Å²) in [6, 6.07) is 0. The van der Waals surface area contributed by atoms with Gasteiger partial charge in [0.25, 0.3) is 0 Å². The van der Waals surface area contributed by atoms with E-state index in [4.69, 9.17) is 0 Å². The Labute approximate surface area is 135 Å². The molecule has 2 nitrogen and oxygen atoms in total. The number of carbonyl (C=O) groups is 1. The number of fused-ring (bicyclic) bond motifs is 1. The van der Waals surface area contributed by atoms with Crippen molar-refractivity contribution in [1.29, 1.82) is 0 Å². The van der Waals surface area contributed by atoms with E-state index in [-0.39, 0.29) is 11.2 Å². The fourth-order valence-electron chi connectivity index (χ4n) is 3.90. The van der Waals surface area contributed by atoms with E-state index in [9.17, 15) is 9.90 Å². The van der Waals surface area contributed by atoms with Gasteiger partial charge in [0.2, 0.25) is 0 Å². The van der Waals surface area contributed by atoms with E-state index < -0.39 is 6.10 Å². The Morgan fingerprint density at radius 3 is 2.59 bits per heavy atom. The molecule has 2 aliphatic carbocycles. The molecule has 3 atom stereocenters. The number of carbonyl (C=O) groups excluding carboxylic acids is 1. The van der Waals surface area contributed by atoms with Crippen molar-refractivity contribution in [3.05, 3.63) is 34.9 Å². The second kappa shape index (κ2) is 6.54. The van der Waals surface area contributed by atoms with Crippen LogP contribution < -0.4 is 0 Å². The molecule has 0 heterocycles. The zero-order valence-electron chi connectivity index (χ0n) is 14.6. The topological polar surface area (TPSA) is 37.3 Å². The highest BCUT2D eigenvalue weighted by Crippen LogP contribution is 2.48. The van der Waals surface area contributed by atoms with Gasteiger partial charge in [-0.2, -0.15) is 0 Å². The molecule has 0 fully saturated rings. The van der Waals surface area contributed by atoms with Crippen LogP contribution in [0.1, 0.15) is 60.3 Å². The second-order valence-electron chi connectivity index (χ2n) is 7.71. The van der Waals surface area contributed by atoms with Gasteiger partial charge in [0, 0.05) is 5.41 Å². The van der Waals surface area contributed by atoms with Gasteiger partial charge in [0.05, 0.1) is 6.10 Å². The molecule has 0 aromatic rings. The molecule has 0 aliphatic heterocycles. The molecular formula is C20H30O2. The molecule has 0 saturated heterocycles. The molecule has 0 radical (unpaired) electrons. The minimum atomic E-state index is -0.405. The molecular weight excluding hydrogens is 272 g/mol. The van der Waals surface area contributed by atoms with E-state index in [1.807, 2.05) is 12.2 Å². The van der Waals surface area contributed by atoms with E-state index in [0.29, 0.717) is 18.3 Å². The highest BCUT2D eigenvalue weighted by Gasteiger charge is 2.46. The van der Waals surface area contributed by atoms with Crippen LogP contribution >= 0.6 is 0 Å². The van der Waals surface area contributed by atoms with Crippen molar-refractivity contribution < 1.29 is 9.90 Å². The maximum Gasteiger partial charge on any atom is 0.162 e. The van der Waals surface area contributed by atoms with Crippen LogP contribution in [0, 0.1) is 17.3 Å². The van der Waals surface area contributed by atoms with Crippen LogP contribution in [0.3, 0.4) is 0 Å². The highest BCUT2D eigenvalue weighted by molar-refractivity contribution is 5.98. The molecule has 1 N–H and O–H groups in total. The lowest BCUT2D eigenvalue weighted by Crippen LogP contribution is -2.31. The lowest BCUT2D eigenvalue weighted by Gasteiger charge is -2.33. The Kier molecular flexibility index (Phi) is 5.11. The van der Waals surface area contributed by atoms with Gasteiger partial charge in [0.15, 0.2) is 5.78 Å². The van der Waals surface area contributed by atoms with Gasteiger partial charge in [-0.25, -0.2) is 0 Å². The monoisotopic (exact) mass is 302 g/mol.